The van der Waals surface area contributed by atoms with Gasteiger partial charge in [-0.1, -0.05) is 54.2 Å². The van der Waals surface area contributed by atoms with Gasteiger partial charge in [0.1, 0.15) is 11.6 Å². The molecule has 4 rings (SSSR count). The second-order valence-corrected chi connectivity index (χ2v) is 6.71. The number of nitrogens with zero attached hydrogens (tertiary/aromatic N) is 2. The third-order valence-corrected chi connectivity index (χ3v) is 5.27. The van der Waals surface area contributed by atoms with Gasteiger partial charge >= 0.3 is 0 Å². The maximum atomic E-state index is 12.9. The second-order valence-electron chi connectivity index (χ2n) is 6.30. The van der Waals surface area contributed by atoms with E-state index in [1.165, 1.54) is 11.3 Å². The maximum Gasteiger partial charge on any atom is 0.274 e. The van der Waals surface area contributed by atoms with E-state index in [2.05, 4.69) is 5.16 Å². The first kappa shape index (κ1) is 14.7. The Labute approximate surface area is 139 Å². The van der Waals surface area contributed by atoms with Gasteiger partial charge in [0.15, 0.2) is 0 Å². The molecule has 0 radical (unpaired) electrons. The summed E-state index contributed by atoms with van der Waals surface area (Å²) in [6.45, 7) is 0. The van der Waals surface area contributed by atoms with Gasteiger partial charge in [0, 0.05) is 16.6 Å². The summed E-state index contributed by atoms with van der Waals surface area (Å²) in [7, 11) is 0. The second kappa shape index (κ2) is 5.64. The van der Waals surface area contributed by atoms with E-state index >= 15 is 0 Å². The highest BCUT2D eigenvalue weighted by atomic mass is 35.5. The van der Waals surface area contributed by atoms with Crippen LogP contribution in [-0.4, -0.2) is 34.6 Å². The number of amides is 2. The van der Waals surface area contributed by atoms with Gasteiger partial charge in [0.2, 0.25) is 12.0 Å². The van der Waals surface area contributed by atoms with Crippen molar-refractivity contribution >= 4 is 29.1 Å². The lowest BCUT2D eigenvalue weighted by Crippen LogP contribution is -2.43. The number of halogens is 1. The highest BCUT2D eigenvalue weighted by Crippen LogP contribution is 2.37. The standard InChI is InChI=1S/C17H17ClN2O3/c18-12-9-5-4-8-11(12)14-13-15(23-19-14)17(22)20(16(13)21)10-6-2-1-3-7-10/h4-5,8-10,13,15H,1-3,6-7H2. The van der Waals surface area contributed by atoms with Crippen molar-refractivity contribution in [3.8, 4) is 0 Å². The number of hydrogen-bond donors (Lipinski definition) is 0. The molecule has 1 aromatic rings. The predicted molar refractivity (Wildman–Crippen MR) is 85.1 cm³/mol. The molecular weight excluding hydrogens is 316 g/mol. The van der Waals surface area contributed by atoms with Crippen molar-refractivity contribution in [1.29, 1.82) is 0 Å². The number of carbonyl (C=O) groups excluding carboxylic acids is 2. The Morgan fingerprint density at radius 1 is 1.09 bits per heavy atom. The van der Waals surface area contributed by atoms with Crippen molar-refractivity contribution in [2.75, 3.05) is 0 Å². The van der Waals surface area contributed by atoms with Crippen molar-refractivity contribution in [3.05, 3.63) is 34.9 Å². The minimum atomic E-state index is -0.823. The number of oxime groups is 1. The van der Waals surface area contributed by atoms with Crippen molar-refractivity contribution in [2.24, 2.45) is 11.1 Å². The monoisotopic (exact) mass is 332 g/mol. The van der Waals surface area contributed by atoms with Crippen molar-refractivity contribution in [1.82, 2.24) is 4.90 Å². The zero-order chi connectivity index (χ0) is 16.0. The van der Waals surface area contributed by atoms with Crippen LogP contribution in [0.2, 0.25) is 5.02 Å². The molecule has 2 amide bonds. The molecule has 1 saturated heterocycles. The summed E-state index contributed by atoms with van der Waals surface area (Å²) >= 11 is 6.22. The first-order chi connectivity index (χ1) is 11.2. The number of rotatable bonds is 2. The Kier molecular flexibility index (Phi) is 3.60. The summed E-state index contributed by atoms with van der Waals surface area (Å²) in [5, 5.41) is 4.50. The van der Waals surface area contributed by atoms with E-state index in [1.807, 2.05) is 12.1 Å². The van der Waals surface area contributed by atoms with Crippen molar-refractivity contribution < 1.29 is 14.4 Å². The van der Waals surface area contributed by atoms with Crippen LogP contribution in [0.1, 0.15) is 37.7 Å². The lowest BCUT2D eigenvalue weighted by Gasteiger charge is -2.29. The van der Waals surface area contributed by atoms with Crippen molar-refractivity contribution in [3.63, 3.8) is 0 Å². The Morgan fingerprint density at radius 2 is 1.83 bits per heavy atom. The Bertz CT molecular complexity index is 697. The average Bonchev–Trinajstić information content (AvgIpc) is 3.10. The molecule has 2 aliphatic heterocycles. The van der Waals surface area contributed by atoms with Crippen LogP contribution >= 0.6 is 11.6 Å². The van der Waals surface area contributed by atoms with Gasteiger partial charge in [-0.05, 0) is 18.9 Å². The molecule has 0 bridgehead atoms. The van der Waals surface area contributed by atoms with Gasteiger partial charge in [-0.2, -0.15) is 0 Å². The number of carbonyl (C=O) groups is 2. The fourth-order valence-corrected chi connectivity index (χ4v) is 4.02. The minimum absolute atomic E-state index is 0.00504. The number of imide groups is 1. The van der Waals surface area contributed by atoms with Crippen LogP contribution in [0.25, 0.3) is 0 Å². The fourth-order valence-electron chi connectivity index (χ4n) is 3.79. The molecule has 1 aromatic carbocycles. The van der Waals surface area contributed by atoms with Gasteiger partial charge in [-0.25, -0.2) is 0 Å². The summed E-state index contributed by atoms with van der Waals surface area (Å²) < 4.78 is 0. The van der Waals surface area contributed by atoms with Gasteiger partial charge in [-0.3, -0.25) is 14.5 Å². The molecular formula is C17H17ClN2O3. The molecule has 3 aliphatic rings. The molecule has 23 heavy (non-hydrogen) atoms. The van der Waals surface area contributed by atoms with Crippen LogP contribution in [0.5, 0.6) is 0 Å². The summed E-state index contributed by atoms with van der Waals surface area (Å²) in [4.78, 5) is 32.3. The van der Waals surface area contributed by atoms with Gasteiger partial charge < -0.3 is 4.84 Å². The molecule has 2 fully saturated rings. The zero-order valence-corrected chi connectivity index (χ0v) is 13.3. The molecule has 120 valence electrons. The molecule has 2 unspecified atom stereocenters. The largest absolute Gasteiger partial charge is 0.381 e. The third kappa shape index (κ3) is 2.26. The summed E-state index contributed by atoms with van der Waals surface area (Å²) in [6, 6.07) is 7.19. The Morgan fingerprint density at radius 3 is 2.57 bits per heavy atom. The number of fused-ring (bicyclic) bond motifs is 1. The molecule has 1 saturated carbocycles. The number of likely N-dealkylation sites (tertiary alicyclic amines) is 1. The molecule has 5 nitrogen and oxygen atoms in total. The van der Waals surface area contributed by atoms with Gasteiger partial charge in [-0.15, -0.1) is 0 Å². The maximum absolute atomic E-state index is 12.9. The third-order valence-electron chi connectivity index (χ3n) is 4.94. The van der Waals surface area contributed by atoms with Gasteiger partial charge in [0.05, 0.1) is 0 Å². The molecule has 2 heterocycles. The smallest absolute Gasteiger partial charge is 0.274 e. The van der Waals surface area contributed by atoms with E-state index < -0.39 is 12.0 Å². The number of benzene rings is 1. The topological polar surface area (TPSA) is 59.0 Å². The van der Waals surface area contributed by atoms with E-state index in [9.17, 15) is 9.59 Å². The Balaban J connectivity index is 1.65. The van der Waals surface area contributed by atoms with E-state index in [1.54, 1.807) is 12.1 Å². The highest BCUT2D eigenvalue weighted by molar-refractivity contribution is 6.36. The van der Waals surface area contributed by atoms with Crippen LogP contribution in [0, 0.1) is 5.92 Å². The predicted octanol–water partition coefficient (Wildman–Crippen LogP) is 2.76. The Hall–Kier alpha value is -1.88. The van der Waals surface area contributed by atoms with E-state index in [4.69, 9.17) is 16.4 Å². The molecule has 2 atom stereocenters. The highest BCUT2D eigenvalue weighted by Gasteiger charge is 2.57. The fraction of sp³-hybridized carbons (Fsp3) is 0.471. The molecule has 1 aliphatic carbocycles. The minimum Gasteiger partial charge on any atom is -0.381 e. The quantitative estimate of drug-likeness (QED) is 0.782. The zero-order valence-electron chi connectivity index (χ0n) is 12.6. The molecule has 0 spiro atoms. The summed E-state index contributed by atoms with van der Waals surface area (Å²) in [6.07, 6.45) is 4.23. The van der Waals surface area contributed by atoms with E-state index in [0.29, 0.717) is 16.3 Å². The van der Waals surface area contributed by atoms with Crippen molar-refractivity contribution in [2.45, 2.75) is 44.2 Å². The van der Waals surface area contributed by atoms with E-state index in [0.717, 1.165) is 25.7 Å². The first-order valence-corrected chi connectivity index (χ1v) is 8.42. The first-order valence-electron chi connectivity index (χ1n) is 8.04. The van der Waals surface area contributed by atoms with Crippen LogP contribution in [0.15, 0.2) is 29.4 Å². The van der Waals surface area contributed by atoms with E-state index in [-0.39, 0.29) is 17.9 Å². The molecule has 6 heteroatoms. The summed E-state index contributed by atoms with van der Waals surface area (Å²) in [5.41, 5.74) is 1.13. The SMILES string of the molecule is O=C1C2ON=C(c3ccccc3Cl)C2C(=O)N1C1CCCCC1. The lowest BCUT2D eigenvalue weighted by atomic mass is 9.93. The number of hydrogen-bond acceptors (Lipinski definition) is 4. The normalized spacial score (nSPS) is 27.9. The average molecular weight is 333 g/mol. The van der Waals surface area contributed by atoms with Crippen LogP contribution in [0.4, 0.5) is 0 Å². The summed E-state index contributed by atoms with van der Waals surface area (Å²) in [5.74, 6) is -1.11. The van der Waals surface area contributed by atoms with Crippen LogP contribution in [0.3, 0.4) is 0 Å². The van der Waals surface area contributed by atoms with Gasteiger partial charge in [0.25, 0.3) is 5.91 Å². The lowest BCUT2D eigenvalue weighted by molar-refractivity contribution is -0.145. The molecule has 0 N–H and O–H groups in total. The molecule has 0 aromatic heterocycles. The van der Waals surface area contributed by atoms with Crippen LogP contribution in [-0.2, 0) is 14.4 Å². The van der Waals surface area contributed by atoms with Crippen LogP contribution < -0.4 is 0 Å².